The molecule has 1 aliphatic heterocycles. The van der Waals surface area contributed by atoms with Gasteiger partial charge in [0, 0.05) is 21.3 Å². The van der Waals surface area contributed by atoms with Crippen LogP contribution in [0.1, 0.15) is 22.7 Å². The summed E-state index contributed by atoms with van der Waals surface area (Å²) < 4.78 is 0. The summed E-state index contributed by atoms with van der Waals surface area (Å²) in [5, 5.41) is 12.0. The molecule has 1 atom stereocenters. The van der Waals surface area contributed by atoms with Crippen LogP contribution in [-0.2, 0) is 9.59 Å². The third kappa shape index (κ3) is 3.60. The molecule has 1 heterocycles. The maximum Gasteiger partial charge on any atom is 0.300 e. The van der Waals surface area contributed by atoms with Gasteiger partial charge in [-0.25, -0.2) is 0 Å². The zero-order valence-corrected chi connectivity index (χ0v) is 17.5. The summed E-state index contributed by atoms with van der Waals surface area (Å²) in [6.45, 7) is 1.94. The normalized spacial score (nSPS) is 18.1. The van der Waals surface area contributed by atoms with Crippen LogP contribution in [-0.4, -0.2) is 16.8 Å². The lowest BCUT2D eigenvalue weighted by Gasteiger charge is -2.25. The average molecular weight is 438 g/mol. The number of halogens is 2. The molecular formula is C24H17Cl2NO3. The predicted molar refractivity (Wildman–Crippen MR) is 119 cm³/mol. The molecule has 0 aromatic heterocycles. The van der Waals surface area contributed by atoms with Crippen LogP contribution in [0.5, 0.6) is 0 Å². The maximum absolute atomic E-state index is 13.0. The number of carbonyl (C=O) groups is 2. The summed E-state index contributed by atoms with van der Waals surface area (Å²) in [7, 11) is 0. The highest BCUT2D eigenvalue weighted by Gasteiger charge is 2.46. The molecule has 0 aliphatic carbocycles. The summed E-state index contributed by atoms with van der Waals surface area (Å²) in [4.78, 5) is 27.5. The van der Waals surface area contributed by atoms with Crippen molar-refractivity contribution in [3.63, 3.8) is 0 Å². The number of hydrogen-bond donors (Lipinski definition) is 1. The first kappa shape index (κ1) is 20.2. The second kappa shape index (κ2) is 7.98. The lowest BCUT2D eigenvalue weighted by Crippen LogP contribution is -2.29. The molecule has 4 rings (SSSR count). The van der Waals surface area contributed by atoms with E-state index in [1.165, 1.54) is 4.90 Å². The van der Waals surface area contributed by atoms with Crippen molar-refractivity contribution in [1.29, 1.82) is 0 Å². The van der Waals surface area contributed by atoms with Gasteiger partial charge in [-0.2, -0.15) is 0 Å². The van der Waals surface area contributed by atoms with E-state index < -0.39 is 17.7 Å². The van der Waals surface area contributed by atoms with Crippen molar-refractivity contribution in [2.75, 3.05) is 4.90 Å². The number of carbonyl (C=O) groups excluding carboxylic acids is 2. The minimum atomic E-state index is -0.791. The molecule has 0 radical (unpaired) electrons. The van der Waals surface area contributed by atoms with Gasteiger partial charge >= 0.3 is 0 Å². The van der Waals surface area contributed by atoms with E-state index in [1.54, 1.807) is 60.7 Å². The number of aliphatic hydroxyl groups excluding tert-OH is 1. The Bertz CT molecular complexity index is 1150. The van der Waals surface area contributed by atoms with Gasteiger partial charge in [0.2, 0.25) is 0 Å². The highest BCUT2D eigenvalue weighted by Crippen LogP contribution is 2.42. The Balaban J connectivity index is 1.93. The Hall–Kier alpha value is -3.08. The van der Waals surface area contributed by atoms with Crippen molar-refractivity contribution in [1.82, 2.24) is 0 Å². The molecule has 30 heavy (non-hydrogen) atoms. The van der Waals surface area contributed by atoms with E-state index in [1.807, 2.05) is 19.1 Å². The second-order valence-corrected chi connectivity index (χ2v) is 7.94. The Kier molecular flexibility index (Phi) is 5.37. The van der Waals surface area contributed by atoms with Crippen LogP contribution in [0.15, 0.2) is 78.4 Å². The van der Waals surface area contributed by atoms with Gasteiger partial charge in [-0.15, -0.1) is 0 Å². The van der Waals surface area contributed by atoms with E-state index in [0.29, 0.717) is 26.9 Å². The lowest BCUT2D eigenvalue weighted by atomic mass is 9.95. The number of amides is 1. The number of ketones is 1. The number of aryl methyl sites for hydroxylation is 1. The van der Waals surface area contributed by atoms with Crippen LogP contribution in [0.4, 0.5) is 5.69 Å². The van der Waals surface area contributed by atoms with E-state index in [4.69, 9.17) is 23.2 Å². The number of nitrogens with zero attached hydrogens (tertiary/aromatic N) is 1. The second-order valence-electron chi connectivity index (χ2n) is 7.06. The molecule has 6 heteroatoms. The first-order valence-corrected chi connectivity index (χ1v) is 10.0. The van der Waals surface area contributed by atoms with E-state index in [9.17, 15) is 14.7 Å². The number of rotatable bonds is 3. The smallest absolute Gasteiger partial charge is 0.300 e. The molecule has 1 saturated heterocycles. The molecule has 1 amide bonds. The van der Waals surface area contributed by atoms with E-state index in [-0.39, 0.29) is 11.3 Å². The van der Waals surface area contributed by atoms with Crippen molar-refractivity contribution in [2.24, 2.45) is 0 Å². The highest BCUT2D eigenvalue weighted by atomic mass is 35.5. The average Bonchev–Trinajstić information content (AvgIpc) is 3.00. The van der Waals surface area contributed by atoms with Crippen molar-refractivity contribution in [2.45, 2.75) is 13.0 Å². The van der Waals surface area contributed by atoms with E-state index >= 15 is 0 Å². The van der Waals surface area contributed by atoms with Gasteiger partial charge in [-0.1, -0.05) is 53.0 Å². The Morgan fingerprint density at radius 2 is 1.37 bits per heavy atom. The van der Waals surface area contributed by atoms with Crippen molar-refractivity contribution in [3.8, 4) is 0 Å². The molecule has 1 fully saturated rings. The van der Waals surface area contributed by atoms with Crippen LogP contribution in [0.25, 0.3) is 5.76 Å². The van der Waals surface area contributed by atoms with Crippen LogP contribution in [0.2, 0.25) is 10.0 Å². The van der Waals surface area contributed by atoms with Gasteiger partial charge < -0.3 is 5.11 Å². The largest absolute Gasteiger partial charge is 0.507 e. The molecule has 150 valence electrons. The van der Waals surface area contributed by atoms with Gasteiger partial charge in [0.05, 0.1) is 11.6 Å². The third-order valence-corrected chi connectivity index (χ3v) is 5.56. The summed E-state index contributed by atoms with van der Waals surface area (Å²) in [5.41, 5.74) is 2.68. The molecular weight excluding hydrogens is 421 g/mol. The molecule has 0 bridgehead atoms. The molecule has 0 saturated carbocycles. The zero-order valence-electron chi connectivity index (χ0n) is 16.0. The van der Waals surface area contributed by atoms with Gasteiger partial charge in [-0.3, -0.25) is 14.5 Å². The Labute approximate surface area is 184 Å². The van der Waals surface area contributed by atoms with Crippen LogP contribution < -0.4 is 4.90 Å². The van der Waals surface area contributed by atoms with Crippen molar-refractivity contribution < 1.29 is 14.7 Å². The van der Waals surface area contributed by atoms with Gasteiger partial charge in [0.1, 0.15) is 5.76 Å². The van der Waals surface area contributed by atoms with Gasteiger partial charge in [0.25, 0.3) is 11.7 Å². The third-order valence-electron chi connectivity index (χ3n) is 5.06. The molecule has 0 spiro atoms. The molecule has 4 nitrogen and oxygen atoms in total. The molecule has 3 aromatic carbocycles. The summed E-state index contributed by atoms with van der Waals surface area (Å²) in [5.74, 6) is -1.70. The Morgan fingerprint density at radius 1 is 0.833 bits per heavy atom. The van der Waals surface area contributed by atoms with Gasteiger partial charge in [0.15, 0.2) is 0 Å². The molecule has 1 N–H and O–H groups in total. The SMILES string of the molecule is Cc1ccc(N2C(=O)C(=O)/C(=C(/O)c3ccc(Cl)cc3)C2c2ccc(Cl)cc2)cc1. The number of aliphatic hydroxyl groups is 1. The molecule has 1 aliphatic rings. The Morgan fingerprint density at radius 3 is 1.93 bits per heavy atom. The van der Waals surface area contributed by atoms with E-state index in [0.717, 1.165) is 5.56 Å². The standard InChI is InChI=1S/C24H17Cl2NO3/c1-14-2-12-19(13-3-14)27-21(15-4-8-17(25)9-5-15)20(23(29)24(27)30)22(28)16-6-10-18(26)11-7-16/h2-13,21,28H,1H3/b22-20+. The van der Waals surface area contributed by atoms with Crippen LogP contribution >= 0.6 is 23.2 Å². The number of hydrogen-bond acceptors (Lipinski definition) is 3. The fraction of sp³-hybridized carbons (Fsp3) is 0.0833. The zero-order chi connectivity index (χ0) is 21.4. The summed E-state index contributed by atoms with van der Waals surface area (Å²) in [6.07, 6.45) is 0. The minimum Gasteiger partial charge on any atom is -0.507 e. The number of anilines is 1. The summed E-state index contributed by atoms with van der Waals surface area (Å²) >= 11 is 12.0. The monoisotopic (exact) mass is 437 g/mol. The number of benzene rings is 3. The summed E-state index contributed by atoms with van der Waals surface area (Å²) in [6, 6.07) is 19.8. The minimum absolute atomic E-state index is 0.0187. The first-order chi connectivity index (χ1) is 14.4. The quantitative estimate of drug-likeness (QED) is 0.313. The first-order valence-electron chi connectivity index (χ1n) is 9.26. The maximum atomic E-state index is 13.0. The molecule has 3 aromatic rings. The van der Waals surface area contributed by atoms with Crippen LogP contribution in [0.3, 0.4) is 0 Å². The van der Waals surface area contributed by atoms with E-state index in [2.05, 4.69) is 0 Å². The topological polar surface area (TPSA) is 57.6 Å². The fourth-order valence-corrected chi connectivity index (χ4v) is 3.78. The van der Waals surface area contributed by atoms with Crippen LogP contribution in [0, 0.1) is 6.92 Å². The highest BCUT2D eigenvalue weighted by molar-refractivity contribution is 6.51. The van der Waals surface area contributed by atoms with Crippen molar-refractivity contribution in [3.05, 3.63) is 105 Å². The number of Topliss-reactive ketones (excluding diaryl/α,β-unsaturated/α-hetero) is 1. The fourth-order valence-electron chi connectivity index (χ4n) is 3.53. The lowest BCUT2D eigenvalue weighted by molar-refractivity contribution is -0.132. The predicted octanol–water partition coefficient (Wildman–Crippen LogP) is 5.93. The molecule has 1 unspecified atom stereocenters. The van der Waals surface area contributed by atoms with Gasteiger partial charge in [-0.05, 0) is 61.0 Å². The van der Waals surface area contributed by atoms with Crippen molar-refractivity contribution >= 4 is 46.3 Å².